The van der Waals surface area contributed by atoms with Gasteiger partial charge < -0.3 is 19.7 Å². The van der Waals surface area contributed by atoms with E-state index in [2.05, 4.69) is 15.1 Å². The fourth-order valence-electron chi connectivity index (χ4n) is 5.95. The van der Waals surface area contributed by atoms with Gasteiger partial charge in [-0.2, -0.15) is 0 Å². The van der Waals surface area contributed by atoms with Crippen LogP contribution < -0.4 is 15.0 Å². The second-order valence-electron chi connectivity index (χ2n) is 9.82. The van der Waals surface area contributed by atoms with E-state index >= 15 is 0 Å². The number of nitrogens with one attached hydrogen (secondary N) is 1. The van der Waals surface area contributed by atoms with Crippen molar-refractivity contribution in [3.05, 3.63) is 23.9 Å². The molecule has 8 nitrogen and oxygen atoms in total. The molecule has 1 aromatic heterocycles. The molecule has 1 N–H and O–H groups in total. The Morgan fingerprint density at radius 3 is 2.74 bits per heavy atom. The summed E-state index contributed by atoms with van der Waals surface area (Å²) in [5.41, 5.74) is 1.87. The molecule has 1 amide bonds. The van der Waals surface area contributed by atoms with E-state index in [0.717, 1.165) is 80.9 Å². The van der Waals surface area contributed by atoms with Crippen LogP contribution in [0.5, 0.6) is 5.75 Å². The minimum Gasteiger partial charge on any atom is -0.494 e. The number of aryl methyl sites for hydroxylation is 1. The highest BCUT2D eigenvalue weighted by Gasteiger charge is 2.41. The molecule has 1 atom stereocenters. The summed E-state index contributed by atoms with van der Waals surface area (Å²) in [7, 11) is 0. The summed E-state index contributed by atoms with van der Waals surface area (Å²) in [5.74, 6) is 1.58. The summed E-state index contributed by atoms with van der Waals surface area (Å²) in [4.78, 5) is 27.7. The molecule has 8 heteroatoms. The van der Waals surface area contributed by atoms with Crippen molar-refractivity contribution in [1.82, 2.24) is 20.2 Å². The number of benzene rings is 1. The monoisotopic (exact) mass is 467 g/mol. The second-order valence-corrected chi connectivity index (χ2v) is 9.82. The van der Waals surface area contributed by atoms with Gasteiger partial charge in [0, 0.05) is 37.1 Å². The fraction of sp³-hybridized carbons (Fsp3) is 0.654. The molecule has 0 unspecified atom stereocenters. The number of ether oxygens (including phenoxy) is 2. The number of carbonyl (C=O) groups excluding carboxylic acids is 1. The van der Waals surface area contributed by atoms with Crippen LogP contribution >= 0.6 is 0 Å². The minimum absolute atomic E-state index is 0.0805. The van der Waals surface area contributed by atoms with Gasteiger partial charge in [-0.25, -0.2) is 9.97 Å². The number of anilines is 1. The topological polar surface area (TPSA) is 79.8 Å². The maximum atomic E-state index is 13.4. The number of fused-ring (bicyclic) bond motifs is 1. The van der Waals surface area contributed by atoms with Crippen molar-refractivity contribution in [3.8, 4) is 5.75 Å². The largest absolute Gasteiger partial charge is 0.494 e. The first-order valence-corrected chi connectivity index (χ1v) is 12.9. The average Bonchev–Trinajstić information content (AvgIpc) is 3.54. The van der Waals surface area contributed by atoms with Gasteiger partial charge in [-0.3, -0.25) is 9.69 Å². The molecule has 3 fully saturated rings. The van der Waals surface area contributed by atoms with Crippen LogP contribution in [0.2, 0.25) is 0 Å². The number of rotatable bonds is 7. The molecule has 1 aromatic carbocycles. The van der Waals surface area contributed by atoms with E-state index < -0.39 is 0 Å². The van der Waals surface area contributed by atoms with Gasteiger partial charge in [0.2, 0.25) is 11.9 Å². The molecule has 34 heavy (non-hydrogen) atoms. The Hall–Kier alpha value is -2.45. The molecule has 2 saturated heterocycles. The van der Waals surface area contributed by atoms with Gasteiger partial charge in [0.15, 0.2) is 0 Å². The standard InChI is InChI=1S/C26H37N5O3/c1-3-34-20-8-9-22-21(17-20)19(2)28-25(29-22)31-12-6-7-23(31)24(32)27-18-26(10-4-5-11-26)30-13-15-33-16-14-30/h8-9,17,23H,3-7,10-16,18H2,1-2H3,(H,27,32)/t23-/m1/s1. The van der Waals surface area contributed by atoms with Crippen LogP contribution in [0, 0.1) is 6.92 Å². The Morgan fingerprint density at radius 1 is 1.18 bits per heavy atom. The van der Waals surface area contributed by atoms with Gasteiger partial charge in [0.1, 0.15) is 11.8 Å². The predicted octanol–water partition coefficient (Wildman–Crippen LogP) is 3.07. The molecular formula is C26H37N5O3. The van der Waals surface area contributed by atoms with Gasteiger partial charge in [-0.05, 0) is 57.7 Å². The molecule has 3 heterocycles. The fourth-order valence-corrected chi connectivity index (χ4v) is 5.95. The zero-order valence-electron chi connectivity index (χ0n) is 20.5. The van der Waals surface area contributed by atoms with Crippen molar-refractivity contribution >= 4 is 22.8 Å². The van der Waals surface area contributed by atoms with Gasteiger partial charge in [-0.15, -0.1) is 0 Å². The Morgan fingerprint density at radius 2 is 1.97 bits per heavy atom. The maximum Gasteiger partial charge on any atom is 0.242 e. The highest BCUT2D eigenvalue weighted by atomic mass is 16.5. The Bertz CT molecular complexity index is 1020. The van der Waals surface area contributed by atoms with Crippen LogP contribution in [-0.2, 0) is 9.53 Å². The maximum absolute atomic E-state index is 13.4. The van der Waals surface area contributed by atoms with Crippen molar-refractivity contribution in [3.63, 3.8) is 0 Å². The number of hydrogen-bond acceptors (Lipinski definition) is 7. The van der Waals surface area contributed by atoms with E-state index in [4.69, 9.17) is 19.4 Å². The van der Waals surface area contributed by atoms with Gasteiger partial charge in [-0.1, -0.05) is 12.8 Å². The minimum atomic E-state index is -0.220. The SMILES string of the molecule is CCOc1ccc2nc(N3CCC[C@@H]3C(=O)NCC3(N4CCOCC4)CCCC3)nc(C)c2c1. The third kappa shape index (κ3) is 4.58. The summed E-state index contributed by atoms with van der Waals surface area (Å²) in [6.07, 6.45) is 6.57. The highest BCUT2D eigenvalue weighted by molar-refractivity contribution is 5.87. The van der Waals surface area contributed by atoms with Crippen LogP contribution in [-0.4, -0.2) is 78.4 Å². The van der Waals surface area contributed by atoms with Gasteiger partial charge in [0.25, 0.3) is 0 Å². The van der Waals surface area contributed by atoms with Crippen molar-refractivity contribution in [2.75, 3.05) is 50.9 Å². The van der Waals surface area contributed by atoms with E-state index in [1.807, 2.05) is 32.0 Å². The molecule has 184 valence electrons. The number of hydrogen-bond donors (Lipinski definition) is 1. The number of morpholine rings is 1. The molecule has 0 bridgehead atoms. The predicted molar refractivity (Wildman–Crippen MR) is 132 cm³/mol. The first kappa shape index (κ1) is 23.3. The quantitative estimate of drug-likeness (QED) is 0.670. The smallest absolute Gasteiger partial charge is 0.242 e. The molecule has 2 aromatic rings. The third-order valence-electron chi connectivity index (χ3n) is 7.78. The highest BCUT2D eigenvalue weighted by Crippen LogP contribution is 2.35. The molecular weight excluding hydrogens is 430 g/mol. The molecule has 0 radical (unpaired) electrons. The molecule has 1 saturated carbocycles. The molecule has 5 rings (SSSR count). The Kier molecular flexibility index (Phi) is 6.88. The molecule has 1 aliphatic carbocycles. The van der Waals surface area contributed by atoms with E-state index in [1.54, 1.807) is 0 Å². The lowest BCUT2D eigenvalue weighted by Crippen LogP contribution is -2.58. The average molecular weight is 468 g/mol. The second kappa shape index (κ2) is 10.0. The normalized spacial score (nSPS) is 22.9. The van der Waals surface area contributed by atoms with Gasteiger partial charge in [0.05, 0.1) is 31.0 Å². The Balaban J connectivity index is 1.31. The van der Waals surface area contributed by atoms with E-state index in [0.29, 0.717) is 19.1 Å². The summed E-state index contributed by atoms with van der Waals surface area (Å²) in [5, 5.41) is 4.33. The van der Waals surface area contributed by atoms with Crippen molar-refractivity contribution in [1.29, 1.82) is 0 Å². The number of carbonyl (C=O) groups is 1. The first-order valence-electron chi connectivity index (χ1n) is 12.9. The zero-order chi connectivity index (χ0) is 23.5. The lowest BCUT2D eigenvalue weighted by Gasteiger charge is -2.43. The molecule has 0 spiro atoms. The summed E-state index contributed by atoms with van der Waals surface area (Å²) in [6.45, 7) is 9.61. The van der Waals surface area contributed by atoms with Crippen LogP contribution in [0.4, 0.5) is 5.95 Å². The number of amides is 1. The summed E-state index contributed by atoms with van der Waals surface area (Å²) < 4.78 is 11.2. The molecule has 2 aliphatic heterocycles. The molecule has 3 aliphatic rings. The third-order valence-corrected chi connectivity index (χ3v) is 7.78. The van der Waals surface area contributed by atoms with Gasteiger partial charge >= 0.3 is 0 Å². The van der Waals surface area contributed by atoms with E-state index in [-0.39, 0.29) is 17.5 Å². The lowest BCUT2D eigenvalue weighted by atomic mass is 9.94. The van der Waals surface area contributed by atoms with Crippen molar-refractivity contribution in [2.45, 2.75) is 64.0 Å². The zero-order valence-corrected chi connectivity index (χ0v) is 20.5. The number of aromatic nitrogens is 2. The van der Waals surface area contributed by atoms with Crippen LogP contribution in [0.3, 0.4) is 0 Å². The van der Waals surface area contributed by atoms with Crippen molar-refractivity contribution < 1.29 is 14.3 Å². The van der Waals surface area contributed by atoms with Crippen LogP contribution in [0.25, 0.3) is 10.9 Å². The van der Waals surface area contributed by atoms with Crippen LogP contribution in [0.1, 0.15) is 51.1 Å². The van der Waals surface area contributed by atoms with Crippen molar-refractivity contribution in [2.24, 2.45) is 0 Å². The lowest BCUT2D eigenvalue weighted by molar-refractivity contribution is -0.123. The van der Waals surface area contributed by atoms with E-state index in [1.165, 1.54) is 12.8 Å². The summed E-state index contributed by atoms with van der Waals surface area (Å²) >= 11 is 0. The van der Waals surface area contributed by atoms with Crippen LogP contribution in [0.15, 0.2) is 18.2 Å². The van der Waals surface area contributed by atoms with E-state index in [9.17, 15) is 4.79 Å². The number of nitrogens with zero attached hydrogens (tertiary/aromatic N) is 4. The summed E-state index contributed by atoms with van der Waals surface area (Å²) in [6, 6.07) is 5.71. The first-order chi connectivity index (χ1) is 16.6. The Labute approximate surface area is 202 Å².